The Bertz CT molecular complexity index is 930. The molecule has 0 saturated carbocycles. The first-order valence-corrected chi connectivity index (χ1v) is 10.8. The van der Waals surface area contributed by atoms with E-state index in [4.69, 9.17) is 0 Å². The molecule has 0 aliphatic rings. The van der Waals surface area contributed by atoms with Gasteiger partial charge in [-0.15, -0.1) is 0 Å². The van der Waals surface area contributed by atoms with Crippen molar-refractivity contribution in [2.75, 3.05) is 5.75 Å². The van der Waals surface area contributed by atoms with Crippen LogP contribution < -0.4 is 10.1 Å². The van der Waals surface area contributed by atoms with Crippen molar-refractivity contribution >= 4 is 9.84 Å². The van der Waals surface area contributed by atoms with E-state index in [1.54, 1.807) is 6.92 Å². The molecule has 0 radical (unpaired) electrons. The van der Waals surface area contributed by atoms with Gasteiger partial charge in [-0.1, -0.05) is 48.0 Å². The molecule has 1 N–H and O–H groups in total. The molecular weight excluding hydrogens is 429 g/mol. The number of para-hydroxylation sites is 1. The van der Waals surface area contributed by atoms with Crippen LogP contribution in [0.1, 0.15) is 29.7 Å². The first-order chi connectivity index (χ1) is 13.9. The number of sulfone groups is 1. The molecule has 0 saturated heterocycles. The molecule has 0 aliphatic carbocycles. The summed E-state index contributed by atoms with van der Waals surface area (Å²) in [5.74, 6) is -1.54. The lowest BCUT2D eigenvalue weighted by Gasteiger charge is -2.26. The maximum atomic E-state index is 13.5. The van der Waals surface area contributed by atoms with Gasteiger partial charge >= 0.3 is 12.8 Å². The summed E-state index contributed by atoms with van der Waals surface area (Å²) < 4.78 is 94.9. The summed E-state index contributed by atoms with van der Waals surface area (Å²) in [4.78, 5) is 0. The van der Waals surface area contributed by atoms with E-state index >= 15 is 0 Å². The normalized spacial score (nSPS) is 14.5. The average Bonchev–Trinajstić information content (AvgIpc) is 2.60. The van der Waals surface area contributed by atoms with E-state index in [0.29, 0.717) is 0 Å². The zero-order valence-corrected chi connectivity index (χ0v) is 17.1. The molecule has 2 unspecified atom stereocenters. The fraction of sp³-hybridized carbons (Fsp3) is 0.400. The summed E-state index contributed by atoms with van der Waals surface area (Å²) in [6.45, 7) is -0.0621. The molecule has 0 spiro atoms. The molecule has 0 aliphatic heterocycles. The van der Waals surface area contributed by atoms with Gasteiger partial charge in [0.25, 0.3) is 0 Å². The lowest BCUT2D eigenvalue weighted by molar-refractivity contribution is -0.159. The molecule has 0 aromatic heterocycles. The van der Waals surface area contributed by atoms with Gasteiger partial charge in [-0.2, -0.15) is 22.0 Å². The van der Waals surface area contributed by atoms with E-state index in [0.717, 1.165) is 5.56 Å². The van der Waals surface area contributed by atoms with Crippen LogP contribution in [0.5, 0.6) is 5.75 Å². The van der Waals surface area contributed by atoms with E-state index in [2.05, 4.69) is 10.1 Å². The number of alkyl halides is 5. The number of nitrogens with one attached hydrogen (secondary N) is 1. The van der Waals surface area contributed by atoms with Crippen molar-refractivity contribution in [1.29, 1.82) is 0 Å². The largest absolute Gasteiger partial charge is 0.435 e. The van der Waals surface area contributed by atoms with Crippen LogP contribution in [-0.2, 0) is 15.6 Å². The third kappa shape index (κ3) is 7.24. The Morgan fingerprint density at radius 2 is 1.63 bits per heavy atom. The Kier molecular flexibility index (Phi) is 7.81. The van der Waals surface area contributed by atoms with Crippen LogP contribution in [0.15, 0.2) is 48.5 Å². The number of halogens is 5. The van der Waals surface area contributed by atoms with Gasteiger partial charge in [0.1, 0.15) is 11.8 Å². The van der Waals surface area contributed by atoms with Gasteiger partial charge in [-0.05, 0) is 25.5 Å². The Morgan fingerprint density at radius 1 is 1.03 bits per heavy atom. The van der Waals surface area contributed by atoms with Gasteiger partial charge in [0.2, 0.25) is 0 Å². The van der Waals surface area contributed by atoms with Crippen LogP contribution in [0.2, 0.25) is 0 Å². The molecule has 30 heavy (non-hydrogen) atoms. The van der Waals surface area contributed by atoms with Crippen LogP contribution in [0.4, 0.5) is 22.0 Å². The number of benzene rings is 2. The zero-order chi connectivity index (χ0) is 22.5. The lowest BCUT2D eigenvalue weighted by atomic mass is 10.0. The van der Waals surface area contributed by atoms with E-state index < -0.39 is 46.2 Å². The lowest BCUT2D eigenvalue weighted by Crippen LogP contribution is -2.42. The van der Waals surface area contributed by atoms with Gasteiger partial charge in [-0.25, -0.2) is 8.42 Å². The Labute approximate surface area is 172 Å². The smallest absolute Gasteiger partial charge is 0.407 e. The van der Waals surface area contributed by atoms with Gasteiger partial charge in [0.05, 0.1) is 11.5 Å². The molecule has 0 amide bonds. The second kappa shape index (κ2) is 9.74. The third-order valence-electron chi connectivity index (χ3n) is 4.26. The molecule has 2 aromatic carbocycles. The fourth-order valence-electron chi connectivity index (χ4n) is 2.98. The molecule has 166 valence electrons. The number of hydrogen-bond donors (Lipinski definition) is 1. The van der Waals surface area contributed by atoms with Crippen molar-refractivity contribution in [3.63, 3.8) is 0 Å². The van der Waals surface area contributed by atoms with Gasteiger partial charge in [0.15, 0.2) is 9.84 Å². The Morgan fingerprint density at radius 3 is 2.20 bits per heavy atom. The van der Waals surface area contributed by atoms with E-state index in [9.17, 15) is 30.4 Å². The van der Waals surface area contributed by atoms with E-state index in [-0.39, 0.29) is 16.9 Å². The first kappa shape index (κ1) is 24.1. The quantitative estimate of drug-likeness (QED) is 0.557. The van der Waals surface area contributed by atoms with Crippen molar-refractivity contribution in [3.05, 3.63) is 65.2 Å². The molecule has 2 rings (SSSR count). The number of ether oxygens (including phenoxy) is 1. The highest BCUT2D eigenvalue weighted by atomic mass is 32.2. The van der Waals surface area contributed by atoms with Gasteiger partial charge in [0, 0.05) is 11.6 Å². The predicted molar refractivity (Wildman–Crippen MR) is 103 cm³/mol. The molecule has 10 heteroatoms. The molecule has 2 aromatic rings. The van der Waals surface area contributed by atoms with E-state index in [1.807, 2.05) is 0 Å². The topological polar surface area (TPSA) is 55.4 Å². The number of rotatable bonds is 9. The summed E-state index contributed by atoms with van der Waals surface area (Å²) in [6, 6.07) is 8.04. The van der Waals surface area contributed by atoms with Crippen molar-refractivity contribution < 1.29 is 35.1 Å². The minimum atomic E-state index is -4.63. The first-order valence-electron chi connectivity index (χ1n) is 9.00. The summed E-state index contributed by atoms with van der Waals surface area (Å²) >= 11 is 0. The highest BCUT2D eigenvalue weighted by Gasteiger charge is 2.41. The van der Waals surface area contributed by atoms with Crippen LogP contribution in [0, 0.1) is 6.92 Å². The Balaban J connectivity index is 2.13. The zero-order valence-electron chi connectivity index (χ0n) is 16.3. The minimum Gasteiger partial charge on any atom is -0.435 e. The summed E-state index contributed by atoms with van der Waals surface area (Å²) in [6.07, 6.45) is -4.63. The fourth-order valence-corrected chi connectivity index (χ4v) is 4.67. The van der Waals surface area contributed by atoms with Crippen molar-refractivity contribution in [3.8, 4) is 5.75 Å². The molecule has 0 heterocycles. The third-order valence-corrected chi connectivity index (χ3v) is 6.02. The van der Waals surface area contributed by atoms with Crippen molar-refractivity contribution in [2.45, 2.75) is 44.5 Å². The highest BCUT2D eigenvalue weighted by molar-refractivity contribution is 7.90. The molecular formula is C20H22F5NO3S. The van der Waals surface area contributed by atoms with Gasteiger partial charge in [-0.3, -0.25) is 5.32 Å². The SMILES string of the molecule is Cc1ccc(C(NC(C)CS(=O)(=O)Cc2ccccc2OC(F)F)C(F)(F)F)cc1. The predicted octanol–water partition coefficient (Wildman–Crippen LogP) is 4.79. The molecule has 4 nitrogen and oxygen atoms in total. The molecule has 0 bridgehead atoms. The standard InChI is InChI=1S/C20H22F5NO3S/c1-13-7-9-15(10-8-13)18(20(23,24)25)26-14(2)11-30(27,28)12-16-5-3-4-6-17(16)29-19(21)22/h3-10,14,18-19,26H,11-12H2,1-2H3. The second-order valence-electron chi connectivity index (χ2n) is 6.99. The molecule has 0 fully saturated rings. The van der Waals surface area contributed by atoms with E-state index in [1.165, 1.54) is 55.5 Å². The number of aryl methyl sites for hydroxylation is 1. The minimum absolute atomic E-state index is 0.0101. The van der Waals surface area contributed by atoms with Crippen LogP contribution in [0.3, 0.4) is 0 Å². The maximum Gasteiger partial charge on any atom is 0.407 e. The maximum absolute atomic E-state index is 13.5. The summed E-state index contributed by atoms with van der Waals surface area (Å²) in [7, 11) is -3.93. The Hall–Kier alpha value is -2.20. The second-order valence-corrected chi connectivity index (χ2v) is 9.10. The van der Waals surface area contributed by atoms with Gasteiger partial charge < -0.3 is 4.74 Å². The monoisotopic (exact) mass is 451 g/mol. The van der Waals surface area contributed by atoms with Crippen LogP contribution in [-0.4, -0.2) is 33.0 Å². The summed E-state index contributed by atoms with van der Waals surface area (Å²) in [5.41, 5.74) is 0.768. The highest BCUT2D eigenvalue weighted by Crippen LogP contribution is 2.33. The average molecular weight is 451 g/mol. The van der Waals surface area contributed by atoms with Crippen molar-refractivity contribution in [2.24, 2.45) is 0 Å². The molecule has 2 atom stereocenters. The van der Waals surface area contributed by atoms with Crippen LogP contribution >= 0.6 is 0 Å². The van der Waals surface area contributed by atoms with Crippen molar-refractivity contribution in [1.82, 2.24) is 5.32 Å². The van der Waals surface area contributed by atoms with Crippen LogP contribution in [0.25, 0.3) is 0 Å². The summed E-state index contributed by atoms with van der Waals surface area (Å²) in [5, 5.41) is 2.33. The number of hydrogen-bond acceptors (Lipinski definition) is 4.